The van der Waals surface area contributed by atoms with Crippen molar-refractivity contribution < 1.29 is 37.6 Å². The minimum atomic E-state index is -4.39. The van der Waals surface area contributed by atoms with E-state index in [1.807, 2.05) is 0 Å². The highest BCUT2D eigenvalue weighted by Gasteiger charge is 2.26. The third-order valence-electron chi connectivity index (χ3n) is 14.8. The second-order valence-electron chi connectivity index (χ2n) is 22.7. The Morgan fingerprint density at radius 2 is 0.679 bits per heavy atom. The molecule has 0 bridgehead atoms. The Hall–Kier alpha value is -2.81. The van der Waals surface area contributed by atoms with Gasteiger partial charge >= 0.3 is 19.8 Å². The van der Waals surface area contributed by atoms with Gasteiger partial charge in [0.25, 0.3) is 0 Å². The largest absolute Gasteiger partial charge is 0.472 e. The molecular formula is C71H128NO8P. The molecule has 0 saturated heterocycles. The van der Waals surface area contributed by atoms with Crippen LogP contribution in [0.4, 0.5) is 0 Å². The molecule has 0 aromatic rings. The second kappa shape index (κ2) is 66.3. The molecule has 81 heavy (non-hydrogen) atoms. The lowest BCUT2D eigenvalue weighted by atomic mass is 10.0. The Kier molecular flexibility index (Phi) is 64.0. The van der Waals surface area contributed by atoms with Gasteiger partial charge in [-0.05, 0) is 89.9 Å². The van der Waals surface area contributed by atoms with Crippen molar-refractivity contribution in [2.75, 3.05) is 26.4 Å². The molecule has 0 radical (unpaired) electrons. The molecule has 0 rings (SSSR count). The Morgan fingerprint density at radius 3 is 1.02 bits per heavy atom. The first kappa shape index (κ1) is 78.2. The van der Waals surface area contributed by atoms with Crippen molar-refractivity contribution in [1.29, 1.82) is 0 Å². The number of hydrogen-bond donors (Lipinski definition) is 2. The molecule has 0 aliphatic heterocycles. The molecule has 2 atom stereocenters. The molecule has 0 aromatic carbocycles. The number of allylic oxidation sites excluding steroid dienone is 14. The summed E-state index contributed by atoms with van der Waals surface area (Å²) in [5, 5.41) is 0. The van der Waals surface area contributed by atoms with E-state index in [0.717, 1.165) is 77.0 Å². The van der Waals surface area contributed by atoms with Crippen molar-refractivity contribution >= 4 is 19.8 Å². The molecule has 0 aromatic heterocycles. The van der Waals surface area contributed by atoms with Crippen LogP contribution in [-0.4, -0.2) is 49.3 Å². The van der Waals surface area contributed by atoms with E-state index >= 15 is 0 Å². The molecule has 3 N–H and O–H groups in total. The monoisotopic (exact) mass is 1150 g/mol. The third-order valence-corrected chi connectivity index (χ3v) is 15.7. The lowest BCUT2D eigenvalue weighted by Crippen LogP contribution is -2.29. The molecule has 9 nitrogen and oxygen atoms in total. The predicted molar refractivity (Wildman–Crippen MR) is 349 cm³/mol. The van der Waals surface area contributed by atoms with E-state index < -0.39 is 26.5 Å². The number of hydrogen-bond acceptors (Lipinski definition) is 8. The zero-order valence-electron chi connectivity index (χ0n) is 52.8. The molecule has 10 heteroatoms. The summed E-state index contributed by atoms with van der Waals surface area (Å²) in [6.07, 6.45) is 88.1. The van der Waals surface area contributed by atoms with Crippen molar-refractivity contribution in [3.05, 3.63) is 85.1 Å². The SMILES string of the molecule is CC/C=C\C/C=C\C/C=C\C/C=C\C/C=C\C/C=C\CCCCCCCCCCCCCCCCC(=O)OC(COC(=O)CCCCCCCCCCCCCCCCC/C=C\CCCCCCCCCC)COP(=O)(O)OCCN. The lowest BCUT2D eigenvalue weighted by molar-refractivity contribution is -0.161. The number of phosphoric acid groups is 1. The third kappa shape index (κ3) is 66.2. The summed E-state index contributed by atoms with van der Waals surface area (Å²) in [4.78, 5) is 35.3. The minimum absolute atomic E-state index is 0.0521. The van der Waals surface area contributed by atoms with Gasteiger partial charge in [-0.25, -0.2) is 4.57 Å². The maximum absolute atomic E-state index is 12.8. The molecule has 0 spiro atoms. The maximum Gasteiger partial charge on any atom is 0.472 e. The Labute approximate surface area is 500 Å². The number of rotatable bonds is 64. The molecule has 0 aliphatic carbocycles. The van der Waals surface area contributed by atoms with Crippen LogP contribution in [0.3, 0.4) is 0 Å². The van der Waals surface area contributed by atoms with Gasteiger partial charge in [0.15, 0.2) is 6.10 Å². The highest BCUT2D eigenvalue weighted by molar-refractivity contribution is 7.47. The van der Waals surface area contributed by atoms with E-state index in [9.17, 15) is 19.0 Å². The molecular weight excluding hydrogens is 1030 g/mol. The highest BCUT2D eigenvalue weighted by atomic mass is 31.2. The fourth-order valence-electron chi connectivity index (χ4n) is 9.76. The summed E-state index contributed by atoms with van der Waals surface area (Å²) >= 11 is 0. The average molecular weight is 1150 g/mol. The topological polar surface area (TPSA) is 134 Å². The fraction of sp³-hybridized carbons (Fsp3) is 0.775. The van der Waals surface area contributed by atoms with E-state index in [1.165, 1.54) is 212 Å². The average Bonchev–Trinajstić information content (AvgIpc) is 3.46. The van der Waals surface area contributed by atoms with Crippen molar-refractivity contribution in [2.45, 2.75) is 328 Å². The molecule has 2 unspecified atom stereocenters. The maximum atomic E-state index is 12.8. The van der Waals surface area contributed by atoms with E-state index in [4.69, 9.17) is 24.3 Å². The summed E-state index contributed by atoms with van der Waals surface area (Å²) in [7, 11) is -4.39. The van der Waals surface area contributed by atoms with Gasteiger partial charge in [0.1, 0.15) is 6.61 Å². The summed E-state index contributed by atoms with van der Waals surface area (Å²) in [6, 6.07) is 0. The van der Waals surface area contributed by atoms with Crippen molar-refractivity contribution in [1.82, 2.24) is 0 Å². The van der Waals surface area contributed by atoms with Crippen LogP contribution in [0.25, 0.3) is 0 Å². The Morgan fingerprint density at radius 1 is 0.383 bits per heavy atom. The standard InChI is InChI=1S/C71H128NO8P/c1-3-5-7-9-11-13-15-17-19-21-23-25-27-29-31-32-33-34-35-36-38-40-42-44-46-48-50-52-54-56-58-60-62-64-71(74)80-69(68-79-81(75,76)78-66-65-72)67-77-70(73)63-61-59-57-55-53-51-49-47-45-43-41-39-37-30-28-26-24-22-20-18-16-14-12-10-8-6-4-2/h5,7,11,13,17,19,22-25,29,31,33-34,69H,3-4,6,8-10,12,14-16,18,20-21,26-28,30,32,35-68,72H2,1-2H3,(H,75,76)/b7-5-,13-11-,19-17-,24-22-,25-23-,31-29-,34-33-. The van der Waals surface area contributed by atoms with Gasteiger partial charge in [-0.15, -0.1) is 0 Å². The number of carbonyl (C=O) groups is 2. The van der Waals surface area contributed by atoms with Gasteiger partial charge in [0.2, 0.25) is 0 Å². The number of phosphoric ester groups is 1. The van der Waals surface area contributed by atoms with Gasteiger partial charge in [-0.1, -0.05) is 304 Å². The summed E-state index contributed by atoms with van der Waals surface area (Å²) in [6.45, 7) is 3.67. The smallest absolute Gasteiger partial charge is 0.462 e. The molecule has 0 saturated carbocycles. The second-order valence-corrected chi connectivity index (χ2v) is 24.1. The highest BCUT2D eigenvalue weighted by Crippen LogP contribution is 2.43. The number of carbonyl (C=O) groups excluding carboxylic acids is 2. The molecule has 0 aliphatic rings. The van der Waals surface area contributed by atoms with E-state index in [2.05, 4.69) is 98.9 Å². The fourth-order valence-corrected chi connectivity index (χ4v) is 10.5. The van der Waals surface area contributed by atoms with Gasteiger partial charge in [0.05, 0.1) is 13.2 Å². The van der Waals surface area contributed by atoms with E-state index in [0.29, 0.717) is 6.42 Å². The van der Waals surface area contributed by atoms with Crippen LogP contribution in [0.15, 0.2) is 85.1 Å². The molecule has 0 amide bonds. The first-order chi connectivity index (χ1) is 39.8. The quantitative estimate of drug-likeness (QED) is 0.0264. The normalized spacial score (nSPS) is 13.5. The van der Waals surface area contributed by atoms with Crippen molar-refractivity contribution in [3.8, 4) is 0 Å². The van der Waals surface area contributed by atoms with E-state index in [1.54, 1.807) is 0 Å². The lowest BCUT2D eigenvalue weighted by Gasteiger charge is -2.19. The van der Waals surface area contributed by atoms with Crippen LogP contribution in [-0.2, 0) is 32.7 Å². The van der Waals surface area contributed by atoms with Crippen LogP contribution in [0, 0.1) is 0 Å². The van der Waals surface area contributed by atoms with Gasteiger partial charge in [-0.2, -0.15) is 0 Å². The van der Waals surface area contributed by atoms with Crippen molar-refractivity contribution in [3.63, 3.8) is 0 Å². The Balaban J connectivity index is 3.89. The Bertz CT molecular complexity index is 1600. The number of unbranched alkanes of at least 4 members (excludes halogenated alkanes) is 37. The minimum Gasteiger partial charge on any atom is -0.462 e. The van der Waals surface area contributed by atoms with E-state index in [-0.39, 0.29) is 38.6 Å². The number of ether oxygens (including phenoxy) is 2. The number of esters is 2. The molecule has 0 heterocycles. The summed E-state index contributed by atoms with van der Waals surface area (Å²) in [5.74, 6) is -0.817. The molecule has 0 fully saturated rings. The number of nitrogens with two attached hydrogens (primary N) is 1. The van der Waals surface area contributed by atoms with Crippen LogP contribution in [0.2, 0.25) is 0 Å². The van der Waals surface area contributed by atoms with Crippen LogP contribution in [0.1, 0.15) is 322 Å². The van der Waals surface area contributed by atoms with Crippen molar-refractivity contribution in [2.24, 2.45) is 5.73 Å². The first-order valence-electron chi connectivity index (χ1n) is 34.1. The van der Waals surface area contributed by atoms with Gasteiger partial charge < -0.3 is 20.1 Å². The first-order valence-corrected chi connectivity index (χ1v) is 35.6. The van der Waals surface area contributed by atoms with Gasteiger partial charge in [-0.3, -0.25) is 18.6 Å². The van der Waals surface area contributed by atoms with Crippen LogP contribution < -0.4 is 5.73 Å². The summed E-state index contributed by atoms with van der Waals surface area (Å²) in [5.41, 5.74) is 5.40. The summed E-state index contributed by atoms with van der Waals surface area (Å²) < 4.78 is 33.2. The zero-order valence-corrected chi connectivity index (χ0v) is 53.7. The van der Waals surface area contributed by atoms with Crippen LogP contribution in [0.5, 0.6) is 0 Å². The molecule has 470 valence electrons. The zero-order chi connectivity index (χ0) is 58.7. The predicted octanol–water partition coefficient (Wildman–Crippen LogP) is 22.2. The van der Waals surface area contributed by atoms with Gasteiger partial charge in [0, 0.05) is 19.4 Å². The van der Waals surface area contributed by atoms with Crippen LogP contribution >= 0.6 is 7.82 Å².